The molecule has 1 aromatic rings. The summed E-state index contributed by atoms with van der Waals surface area (Å²) in [5, 5.41) is 3.90. The number of aryl methyl sites for hydroxylation is 1. The van der Waals surface area contributed by atoms with E-state index in [1.165, 1.54) is 20.8 Å². The van der Waals surface area contributed by atoms with Crippen molar-refractivity contribution in [3.63, 3.8) is 0 Å². The van der Waals surface area contributed by atoms with E-state index in [0.29, 0.717) is 13.1 Å². The first-order chi connectivity index (χ1) is 9.12. The monoisotopic (exact) mass is 298 g/mol. The molecule has 0 aliphatic carbocycles. The molecule has 0 saturated carbocycles. The molecule has 0 radical (unpaired) electrons. The van der Waals surface area contributed by atoms with E-state index in [9.17, 15) is 8.42 Å². The van der Waals surface area contributed by atoms with Crippen LogP contribution < -0.4 is 5.73 Å². The SMILES string of the molecule is Cn1cc(S(=O)(=O)N2CC=C(C(C)(C)C)CC2)c(N)n1. The molecule has 0 fully saturated rings. The Morgan fingerprint density at radius 2 is 2.00 bits per heavy atom. The van der Waals surface area contributed by atoms with Gasteiger partial charge in [-0.3, -0.25) is 4.68 Å². The van der Waals surface area contributed by atoms with Crippen molar-refractivity contribution in [3.8, 4) is 0 Å². The van der Waals surface area contributed by atoms with Crippen LogP contribution in [0.4, 0.5) is 5.82 Å². The summed E-state index contributed by atoms with van der Waals surface area (Å²) in [6.07, 6.45) is 4.21. The van der Waals surface area contributed by atoms with Gasteiger partial charge in [0.15, 0.2) is 5.82 Å². The largest absolute Gasteiger partial charge is 0.381 e. The van der Waals surface area contributed by atoms with Gasteiger partial charge in [-0.1, -0.05) is 32.4 Å². The Morgan fingerprint density at radius 1 is 1.35 bits per heavy atom. The number of anilines is 1. The molecule has 0 aromatic carbocycles. The number of nitrogen functional groups attached to an aromatic ring is 1. The Balaban J connectivity index is 2.26. The molecule has 0 spiro atoms. The van der Waals surface area contributed by atoms with Crippen LogP contribution in [0.15, 0.2) is 22.7 Å². The molecular weight excluding hydrogens is 276 g/mol. The van der Waals surface area contributed by atoms with E-state index in [1.807, 2.05) is 6.08 Å². The second-order valence-electron chi connectivity index (χ2n) is 6.14. The summed E-state index contributed by atoms with van der Waals surface area (Å²) < 4.78 is 28.0. The molecule has 2 heterocycles. The number of aromatic nitrogens is 2. The Labute approximate surface area is 120 Å². The first-order valence-corrected chi connectivity index (χ1v) is 8.05. The van der Waals surface area contributed by atoms with Crippen molar-refractivity contribution < 1.29 is 8.42 Å². The highest BCUT2D eigenvalue weighted by Gasteiger charge is 2.31. The zero-order valence-electron chi connectivity index (χ0n) is 12.4. The van der Waals surface area contributed by atoms with E-state index in [0.717, 1.165) is 6.42 Å². The van der Waals surface area contributed by atoms with Crippen molar-refractivity contribution in [1.29, 1.82) is 0 Å². The molecular formula is C13H22N4O2S. The predicted octanol–water partition coefficient (Wildman–Crippen LogP) is 1.37. The fraction of sp³-hybridized carbons (Fsp3) is 0.615. The molecule has 112 valence electrons. The van der Waals surface area contributed by atoms with Gasteiger partial charge in [-0.05, 0) is 11.8 Å². The minimum absolute atomic E-state index is 0.0538. The van der Waals surface area contributed by atoms with Crippen molar-refractivity contribution >= 4 is 15.8 Å². The van der Waals surface area contributed by atoms with Crippen molar-refractivity contribution in [2.24, 2.45) is 12.5 Å². The highest BCUT2D eigenvalue weighted by atomic mass is 32.2. The van der Waals surface area contributed by atoms with E-state index < -0.39 is 10.0 Å². The third-order valence-electron chi connectivity index (χ3n) is 3.58. The molecule has 1 aromatic heterocycles. The fourth-order valence-corrected chi connectivity index (χ4v) is 3.84. The third-order valence-corrected chi connectivity index (χ3v) is 5.46. The zero-order valence-corrected chi connectivity index (χ0v) is 13.2. The minimum Gasteiger partial charge on any atom is -0.381 e. The maximum Gasteiger partial charge on any atom is 0.248 e. The number of hydrogen-bond acceptors (Lipinski definition) is 4. The summed E-state index contributed by atoms with van der Waals surface area (Å²) in [5.74, 6) is 0.0538. The lowest BCUT2D eigenvalue weighted by atomic mass is 9.83. The van der Waals surface area contributed by atoms with E-state index >= 15 is 0 Å². The van der Waals surface area contributed by atoms with Crippen LogP contribution in [-0.2, 0) is 17.1 Å². The van der Waals surface area contributed by atoms with Crippen molar-refractivity contribution in [1.82, 2.24) is 14.1 Å². The van der Waals surface area contributed by atoms with Crippen LogP contribution in [0.25, 0.3) is 0 Å². The van der Waals surface area contributed by atoms with Crippen LogP contribution in [0.1, 0.15) is 27.2 Å². The van der Waals surface area contributed by atoms with Crippen LogP contribution in [0, 0.1) is 5.41 Å². The van der Waals surface area contributed by atoms with Gasteiger partial charge in [0.25, 0.3) is 0 Å². The van der Waals surface area contributed by atoms with Crippen LogP contribution in [0.2, 0.25) is 0 Å². The van der Waals surface area contributed by atoms with Crippen molar-refractivity contribution in [3.05, 3.63) is 17.8 Å². The van der Waals surface area contributed by atoms with Gasteiger partial charge in [-0.15, -0.1) is 0 Å². The minimum atomic E-state index is -3.56. The first-order valence-electron chi connectivity index (χ1n) is 6.61. The number of sulfonamides is 1. The molecule has 0 atom stereocenters. The summed E-state index contributed by atoms with van der Waals surface area (Å²) in [6, 6.07) is 0. The Hall–Kier alpha value is -1.34. The normalized spacial score (nSPS) is 18.1. The van der Waals surface area contributed by atoms with Gasteiger partial charge in [0.2, 0.25) is 10.0 Å². The van der Waals surface area contributed by atoms with Gasteiger partial charge in [-0.2, -0.15) is 9.40 Å². The second kappa shape index (κ2) is 4.89. The molecule has 7 heteroatoms. The maximum absolute atomic E-state index is 12.5. The number of nitrogens with zero attached hydrogens (tertiary/aromatic N) is 3. The highest BCUT2D eigenvalue weighted by molar-refractivity contribution is 7.89. The van der Waals surface area contributed by atoms with Gasteiger partial charge >= 0.3 is 0 Å². The number of nitrogens with two attached hydrogens (primary N) is 1. The molecule has 1 aliphatic heterocycles. The van der Waals surface area contributed by atoms with Crippen LogP contribution in [0.3, 0.4) is 0 Å². The quantitative estimate of drug-likeness (QED) is 0.836. The summed E-state index contributed by atoms with van der Waals surface area (Å²) >= 11 is 0. The average molecular weight is 298 g/mol. The molecule has 1 aliphatic rings. The molecule has 6 nitrogen and oxygen atoms in total. The molecule has 2 N–H and O–H groups in total. The van der Waals surface area contributed by atoms with Gasteiger partial charge < -0.3 is 5.73 Å². The molecule has 0 amide bonds. The molecule has 2 rings (SSSR count). The molecule has 0 bridgehead atoms. The predicted molar refractivity (Wildman–Crippen MR) is 78.5 cm³/mol. The third kappa shape index (κ3) is 2.73. The lowest BCUT2D eigenvalue weighted by Crippen LogP contribution is -2.36. The summed E-state index contributed by atoms with van der Waals surface area (Å²) in [4.78, 5) is 0.0904. The van der Waals surface area contributed by atoms with Crippen molar-refractivity contribution in [2.75, 3.05) is 18.8 Å². The van der Waals surface area contributed by atoms with E-state index in [-0.39, 0.29) is 16.1 Å². The van der Waals surface area contributed by atoms with Gasteiger partial charge in [0, 0.05) is 26.3 Å². The Bertz CT molecular complexity index is 638. The molecule has 20 heavy (non-hydrogen) atoms. The standard InChI is InChI=1S/C13H22N4O2S/c1-13(2,3)10-5-7-17(8-6-10)20(18,19)11-9-16(4)15-12(11)14/h5,9H,6-8H2,1-4H3,(H2,14,15). The fourth-order valence-electron chi connectivity index (χ4n) is 2.37. The van der Waals surface area contributed by atoms with Crippen LogP contribution >= 0.6 is 0 Å². The zero-order chi connectivity index (χ0) is 15.1. The second-order valence-corrected chi connectivity index (χ2v) is 8.05. The summed E-state index contributed by atoms with van der Waals surface area (Å²) in [5.41, 5.74) is 7.06. The van der Waals surface area contributed by atoms with E-state index in [2.05, 4.69) is 25.9 Å². The lowest BCUT2D eigenvalue weighted by molar-refractivity contribution is 0.390. The smallest absolute Gasteiger partial charge is 0.248 e. The van der Waals surface area contributed by atoms with Crippen molar-refractivity contribution in [2.45, 2.75) is 32.1 Å². The van der Waals surface area contributed by atoms with Gasteiger partial charge in [0.05, 0.1) is 0 Å². The Morgan fingerprint density at radius 3 is 2.40 bits per heavy atom. The maximum atomic E-state index is 12.5. The van der Waals surface area contributed by atoms with E-state index in [4.69, 9.17) is 5.73 Å². The number of hydrogen-bond donors (Lipinski definition) is 1. The van der Waals surface area contributed by atoms with E-state index in [1.54, 1.807) is 7.05 Å². The van der Waals surface area contributed by atoms with Gasteiger partial charge in [0.1, 0.15) is 4.90 Å². The van der Waals surface area contributed by atoms with Crippen LogP contribution in [-0.4, -0.2) is 35.6 Å². The highest BCUT2D eigenvalue weighted by Crippen LogP contribution is 2.32. The summed E-state index contributed by atoms with van der Waals surface area (Å²) in [6.45, 7) is 7.30. The first kappa shape index (κ1) is 15.1. The topological polar surface area (TPSA) is 81.2 Å². The van der Waals surface area contributed by atoms with Gasteiger partial charge in [-0.25, -0.2) is 8.42 Å². The average Bonchev–Trinajstić information content (AvgIpc) is 2.68. The summed E-state index contributed by atoms with van der Waals surface area (Å²) in [7, 11) is -1.90. The van der Waals surface area contributed by atoms with Crippen LogP contribution in [0.5, 0.6) is 0 Å². The lowest BCUT2D eigenvalue weighted by Gasteiger charge is -2.31. The number of rotatable bonds is 2. The Kier molecular flexibility index (Phi) is 3.68. The molecule has 0 unspecified atom stereocenters. The molecule has 0 saturated heterocycles.